The summed E-state index contributed by atoms with van der Waals surface area (Å²) in [5, 5.41) is 12.4. The zero-order valence-corrected chi connectivity index (χ0v) is 5.21. The molecule has 1 aliphatic rings. The SMILES string of the molecule is O=C(O)C1CCCC[N]1. The summed E-state index contributed by atoms with van der Waals surface area (Å²) in [7, 11) is 0. The Labute approximate surface area is 54.1 Å². The molecular weight excluding hydrogens is 118 g/mol. The minimum Gasteiger partial charge on any atom is -0.480 e. The van der Waals surface area contributed by atoms with Crippen molar-refractivity contribution in [1.82, 2.24) is 5.32 Å². The molecule has 1 atom stereocenters. The number of rotatable bonds is 1. The molecule has 51 valence electrons. The lowest BCUT2D eigenvalue weighted by molar-refractivity contribution is -0.140. The summed E-state index contributed by atoms with van der Waals surface area (Å²) in [6.07, 6.45) is 2.81. The summed E-state index contributed by atoms with van der Waals surface area (Å²) in [5.41, 5.74) is 0. The highest BCUT2D eigenvalue weighted by molar-refractivity contribution is 5.73. The number of aliphatic carboxylic acids is 1. The van der Waals surface area contributed by atoms with Crippen molar-refractivity contribution >= 4 is 5.97 Å². The molecule has 0 aromatic carbocycles. The Kier molecular flexibility index (Phi) is 2.05. The minimum absolute atomic E-state index is 0.404. The molecule has 1 saturated heterocycles. The van der Waals surface area contributed by atoms with Crippen LogP contribution < -0.4 is 5.32 Å². The number of nitrogens with zero attached hydrogens (tertiary/aromatic N) is 1. The van der Waals surface area contributed by atoms with Gasteiger partial charge in [0.15, 0.2) is 0 Å². The van der Waals surface area contributed by atoms with E-state index < -0.39 is 12.0 Å². The van der Waals surface area contributed by atoms with Crippen LogP contribution in [0.3, 0.4) is 0 Å². The van der Waals surface area contributed by atoms with E-state index >= 15 is 0 Å². The first kappa shape index (κ1) is 6.55. The Bertz CT molecular complexity index is 108. The van der Waals surface area contributed by atoms with Crippen LogP contribution in [0.2, 0.25) is 0 Å². The normalized spacial score (nSPS) is 27.8. The van der Waals surface area contributed by atoms with Gasteiger partial charge in [-0.1, -0.05) is 0 Å². The Balaban J connectivity index is 2.31. The highest BCUT2D eigenvalue weighted by Crippen LogP contribution is 2.07. The summed E-state index contributed by atoms with van der Waals surface area (Å²) >= 11 is 0. The lowest BCUT2D eigenvalue weighted by Crippen LogP contribution is -2.34. The molecule has 0 aromatic rings. The fraction of sp³-hybridized carbons (Fsp3) is 0.833. The van der Waals surface area contributed by atoms with Crippen molar-refractivity contribution in [3.05, 3.63) is 0 Å². The highest BCUT2D eigenvalue weighted by Gasteiger charge is 2.19. The molecule has 0 bridgehead atoms. The molecule has 1 unspecified atom stereocenters. The fourth-order valence-corrected chi connectivity index (χ4v) is 0.989. The molecule has 9 heavy (non-hydrogen) atoms. The number of carboxylic acids is 1. The van der Waals surface area contributed by atoms with E-state index in [1.165, 1.54) is 0 Å². The van der Waals surface area contributed by atoms with Crippen LogP contribution in [0.4, 0.5) is 0 Å². The molecule has 1 aliphatic heterocycles. The number of hydrogen-bond donors (Lipinski definition) is 1. The van der Waals surface area contributed by atoms with E-state index in [0.717, 1.165) is 25.8 Å². The third-order valence-electron chi connectivity index (χ3n) is 1.52. The van der Waals surface area contributed by atoms with Gasteiger partial charge in [-0.2, -0.15) is 0 Å². The van der Waals surface area contributed by atoms with Crippen molar-refractivity contribution in [2.24, 2.45) is 0 Å². The summed E-state index contributed by atoms with van der Waals surface area (Å²) in [6, 6.07) is -0.404. The van der Waals surface area contributed by atoms with Crippen LogP contribution in [-0.4, -0.2) is 23.7 Å². The molecule has 3 heteroatoms. The molecule has 1 fully saturated rings. The Morgan fingerprint density at radius 2 is 2.33 bits per heavy atom. The van der Waals surface area contributed by atoms with Crippen LogP contribution >= 0.6 is 0 Å². The van der Waals surface area contributed by atoms with Gasteiger partial charge in [-0.3, -0.25) is 4.79 Å². The van der Waals surface area contributed by atoms with Gasteiger partial charge in [-0.25, -0.2) is 5.32 Å². The van der Waals surface area contributed by atoms with Crippen molar-refractivity contribution in [3.63, 3.8) is 0 Å². The summed E-state index contributed by atoms with van der Waals surface area (Å²) in [5.74, 6) is -0.769. The standard InChI is InChI=1S/C6H10NO2/c8-6(9)5-3-1-2-4-7-5/h5H,1-4H2,(H,8,9). The Hall–Kier alpha value is -0.570. The van der Waals surface area contributed by atoms with Gasteiger partial charge in [-0.05, 0) is 19.3 Å². The largest absolute Gasteiger partial charge is 0.480 e. The first-order chi connectivity index (χ1) is 4.30. The van der Waals surface area contributed by atoms with Crippen LogP contribution in [0.25, 0.3) is 0 Å². The van der Waals surface area contributed by atoms with Gasteiger partial charge in [0.25, 0.3) is 0 Å². The highest BCUT2D eigenvalue weighted by atomic mass is 16.4. The second kappa shape index (κ2) is 2.82. The van der Waals surface area contributed by atoms with Crippen molar-refractivity contribution in [1.29, 1.82) is 0 Å². The molecule has 1 rings (SSSR count). The zero-order valence-electron chi connectivity index (χ0n) is 5.21. The van der Waals surface area contributed by atoms with E-state index in [1.807, 2.05) is 0 Å². The van der Waals surface area contributed by atoms with E-state index in [-0.39, 0.29) is 0 Å². The number of carboxylic acid groups (broad SMARTS) is 1. The van der Waals surface area contributed by atoms with Gasteiger partial charge in [0, 0.05) is 6.54 Å². The summed E-state index contributed by atoms with van der Waals surface area (Å²) in [6.45, 7) is 0.733. The lowest BCUT2D eigenvalue weighted by atomic mass is 10.1. The molecule has 3 nitrogen and oxygen atoms in total. The van der Waals surface area contributed by atoms with Crippen LogP contribution in [0.5, 0.6) is 0 Å². The van der Waals surface area contributed by atoms with Crippen molar-refractivity contribution in [2.45, 2.75) is 25.3 Å². The Morgan fingerprint density at radius 3 is 2.67 bits per heavy atom. The van der Waals surface area contributed by atoms with Gasteiger partial charge in [-0.15, -0.1) is 0 Å². The van der Waals surface area contributed by atoms with Crippen molar-refractivity contribution in [3.8, 4) is 0 Å². The zero-order chi connectivity index (χ0) is 6.69. The van der Waals surface area contributed by atoms with Crippen LogP contribution in [-0.2, 0) is 4.79 Å². The second-order valence-corrected chi connectivity index (χ2v) is 2.26. The maximum Gasteiger partial charge on any atom is 0.322 e. The van der Waals surface area contributed by atoms with Gasteiger partial charge in [0.05, 0.1) is 0 Å². The lowest BCUT2D eigenvalue weighted by Gasteiger charge is -2.16. The molecule has 0 spiro atoms. The number of piperidine rings is 1. The third kappa shape index (κ3) is 1.68. The van der Waals surface area contributed by atoms with Crippen molar-refractivity contribution < 1.29 is 9.90 Å². The molecule has 1 radical (unpaired) electrons. The quantitative estimate of drug-likeness (QED) is 0.549. The molecule has 0 saturated carbocycles. The van der Waals surface area contributed by atoms with Crippen LogP contribution in [0.15, 0.2) is 0 Å². The summed E-state index contributed by atoms with van der Waals surface area (Å²) < 4.78 is 0. The van der Waals surface area contributed by atoms with Gasteiger partial charge >= 0.3 is 5.97 Å². The number of carbonyl (C=O) groups is 1. The van der Waals surface area contributed by atoms with E-state index in [0.29, 0.717) is 0 Å². The average Bonchev–Trinajstić information content (AvgIpc) is 1.90. The number of hydrogen-bond acceptors (Lipinski definition) is 1. The van der Waals surface area contributed by atoms with Gasteiger partial charge < -0.3 is 5.11 Å². The smallest absolute Gasteiger partial charge is 0.322 e. The Morgan fingerprint density at radius 1 is 1.56 bits per heavy atom. The van der Waals surface area contributed by atoms with E-state index in [9.17, 15) is 4.79 Å². The minimum atomic E-state index is -0.769. The maximum absolute atomic E-state index is 10.3. The molecule has 1 N–H and O–H groups in total. The third-order valence-corrected chi connectivity index (χ3v) is 1.52. The van der Waals surface area contributed by atoms with Crippen LogP contribution in [0, 0.1) is 0 Å². The molecule has 0 amide bonds. The first-order valence-electron chi connectivity index (χ1n) is 3.20. The van der Waals surface area contributed by atoms with Crippen LogP contribution in [0.1, 0.15) is 19.3 Å². The maximum atomic E-state index is 10.3. The fourth-order valence-electron chi connectivity index (χ4n) is 0.989. The van der Waals surface area contributed by atoms with Gasteiger partial charge in [0.1, 0.15) is 6.04 Å². The topological polar surface area (TPSA) is 51.4 Å². The van der Waals surface area contributed by atoms with Crippen molar-refractivity contribution in [2.75, 3.05) is 6.54 Å². The molecule has 0 aromatic heterocycles. The average molecular weight is 128 g/mol. The first-order valence-corrected chi connectivity index (χ1v) is 3.20. The predicted molar refractivity (Wildman–Crippen MR) is 32.3 cm³/mol. The molecular formula is C6H10NO2. The summed E-state index contributed by atoms with van der Waals surface area (Å²) in [4.78, 5) is 10.3. The predicted octanol–water partition coefficient (Wildman–Crippen LogP) is 0.228. The van der Waals surface area contributed by atoms with E-state index in [1.54, 1.807) is 0 Å². The molecule has 0 aliphatic carbocycles. The second-order valence-electron chi connectivity index (χ2n) is 2.26. The monoisotopic (exact) mass is 128 g/mol. The van der Waals surface area contributed by atoms with Gasteiger partial charge in [0.2, 0.25) is 0 Å². The molecule has 1 heterocycles. The van der Waals surface area contributed by atoms with E-state index in [2.05, 4.69) is 5.32 Å². The van der Waals surface area contributed by atoms with E-state index in [4.69, 9.17) is 5.11 Å².